The summed E-state index contributed by atoms with van der Waals surface area (Å²) in [6, 6.07) is 6.09. The van der Waals surface area contributed by atoms with Crippen LogP contribution in [0.15, 0.2) is 41.6 Å². The van der Waals surface area contributed by atoms with Crippen molar-refractivity contribution in [2.45, 2.75) is 11.4 Å². The minimum atomic E-state index is -3.83. The molecule has 1 aromatic heterocycles. The number of nitrogens with one attached hydrogen (secondary N) is 1. The Hall–Kier alpha value is -1.34. The van der Waals surface area contributed by atoms with Gasteiger partial charge in [0.05, 0.1) is 10.0 Å². The lowest BCUT2D eigenvalue weighted by molar-refractivity contribution is 0.581. The molecular weight excluding hydrogens is 321 g/mol. The van der Waals surface area contributed by atoms with Gasteiger partial charge in [-0.05, 0) is 29.8 Å². The van der Waals surface area contributed by atoms with Crippen molar-refractivity contribution in [3.05, 3.63) is 52.3 Å². The first-order valence-electron chi connectivity index (χ1n) is 5.53. The molecule has 3 N–H and O–H groups in total. The number of aromatic nitrogens is 1. The van der Waals surface area contributed by atoms with Crippen LogP contribution in [0, 0.1) is 0 Å². The highest BCUT2D eigenvalue weighted by molar-refractivity contribution is 7.89. The number of rotatable bonds is 4. The third-order valence-electron chi connectivity index (χ3n) is 2.51. The van der Waals surface area contributed by atoms with Crippen molar-refractivity contribution in [3.8, 4) is 0 Å². The molecule has 2 rings (SSSR count). The summed E-state index contributed by atoms with van der Waals surface area (Å²) in [5, 5.41) is -0.0329. The van der Waals surface area contributed by atoms with Crippen LogP contribution in [0.5, 0.6) is 0 Å². The standard InChI is InChI=1S/C12H11Cl2N3O2S/c13-10-5-9(15)6-11(14)12(10)20(18,19)17-7-8-1-3-16-4-2-8/h1-6,17H,7,15H2. The van der Waals surface area contributed by atoms with Gasteiger partial charge in [0.25, 0.3) is 0 Å². The van der Waals surface area contributed by atoms with Gasteiger partial charge in [-0.2, -0.15) is 0 Å². The van der Waals surface area contributed by atoms with Crippen molar-refractivity contribution in [1.29, 1.82) is 0 Å². The number of nitrogens with two attached hydrogens (primary N) is 1. The zero-order valence-electron chi connectivity index (χ0n) is 10.2. The Morgan fingerprint density at radius 2 is 1.70 bits per heavy atom. The maximum Gasteiger partial charge on any atom is 0.243 e. The van der Waals surface area contributed by atoms with E-state index in [4.69, 9.17) is 28.9 Å². The number of hydrogen-bond acceptors (Lipinski definition) is 4. The summed E-state index contributed by atoms with van der Waals surface area (Å²) in [5.74, 6) is 0. The van der Waals surface area contributed by atoms with Crippen LogP contribution >= 0.6 is 23.2 Å². The summed E-state index contributed by atoms with van der Waals surface area (Å²) >= 11 is 11.8. The Kier molecular flexibility index (Phi) is 4.49. The molecule has 1 aromatic carbocycles. The average Bonchev–Trinajstić information content (AvgIpc) is 2.36. The van der Waals surface area contributed by atoms with Crippen LogP contribution in [0.2, 0.25) is 10.0 Å². The van der Waals surface area contributed by atoms with E-state index >= 15 is 0 Å². The Morgan fingerprint density at radius 1 is 1.15 bits per heavy atom. The lowest BCUT2D eigenvalue weighted by atomic mass is 10.3. The molecule has 2 aromatic rings. The van der Waals surface area contributed by atoms with Gasteiger partial charge in [-0.15, -0.1) is 0 Å². The summed E-state index contributed by atoms with van der Waals surface area (Å²) in [6.07, 6.45) is 3.15. The van der Waals surface area contributed by atoms with Crippen LogP contribution in [-0.2, 0) is 16.6 Å². The second-order valence-electron chi connectivity index (χ2n) is 3.99. The van der Waals surface area contributed by atoms with E-state index in [2.05, 4.69) is 9.71 Å². The van der Waals surface area contributed by atoms with Crippen molar-refractivity contribution in [1.82, 2.24) is 9.71 Å². The van der Waals surface area contributed by atoms with Gasteiger partial charge in [0.15, 0.2) is 0 Å². The quantitative estimate of drug-likeness (QED) is 0.842. The lowest BCUT2D eigenvalue weighted by Crippen LogP contribution is -2.24. The number of hydrogen-bond donors (Lipinski definition) is 2. The van der Waals surface area contributed by atoms with E-state index < -0.39 is 10.0 Å². The first-order chi connectivity index (χ1) is 9.40. The SMILES string of the molecule is Nc1cc(Cl)c(S(=O)(=O)NCc2ccncc2)c(Cl)c1. The monoisotopic (exact) mass is 331 g/mol. The molecule has 0 spiro atoms. The van der Waals surface area contributed by atoms with E-state index in [1.807, 2.05) is 0 Å². The molecule has 0 fully saturated rings. The number of sulfonamides is 1. The Labute approximate surface area is 126 Å². The predicted octanol–water partition coefficient (Wildman–Crippen LogP) is 2.45. The summed E-state index contributed by atoms with van der Waals surface area (Å²) in [7, 11) is -3.83. The maximum atomic E-state index is 12.2. The highest BCUT2D eigenvalue weighted by atomic mass is 35.5. The largest absolute Gasteiger partial charge is 0.399 e. The van der Waals surface area contributed by atoms with E-state index in [-0.39, 0.29) is 21.5 Å². The molecule has 106 valence electrons. The lowest BCUT2D eigenvalue weighted by Gasteiger charge is -2.10. The van der Waals surface area contributed by atoms with E-state index in [1.165, 1.54) is 12.1 Å². The summed E-state index contributed by atoms with van der Waals surface area (Å²) in [6.45, 7) is 0.113. The summed E-state index contributed by atoms with van der Waals surface area (Å²) in [4.78, 5) is 3.68. The van der Waals surface area contributed by atoms with E-state index in [1.54, 1.807) is 24.5 Å². The molecule has 20 heavy (non-hydrogen) atoms. The van der Waals surface area contributed by atoms with Gasteiger partial charge in [0.2, 0.25) is 10.0 Å². The number of anilines is 1. The molecule has 0 unspecified atom stereocenters. The summed E-state index contributed by atoms with van der Waals surface area (Å²) < 4.78 is 26.9. The fourth-order valence-corrected chi connectivity index (χ4v) is 3.83. The molecule has 5 nitrogen and oxygen atoms in total. The fraction of sp³-hybridized carbons (Fsp3) is 0.0833. The van der Waals surface area contributed by atoms with Gasteiger partial charge < -0.3 is 5.73 Å². The van der Waals surface area contributed by atoms with Crippen LogP contribution in [0.25, 0.3) is 0 Å². The molecule has 0 amide bonds. The number of nitrogen functional groups attached to an aromatic ring is 1. The smallest absolute Gasteiger partial charge is 0.243 e. The molecular formula is C12H11Cl2N3O2S. The van der Waals surface area contributed by atoms with Crippen LogP contribution in [-0.4, -0.2) is 13.4 Å². The Bertz CT molecular complexity index is 698. The molecule has 0 radical (unpaired) electrons. The zero-order chi connectivity index (χ0) is 14.8. The number of halogens is 2. The number of pyridine rings is 1. The third kappa shape index (κ3) is 3.40. The number of nitrogens with zero attached hydrogens (tertiary/aromatic N) is 1. The van der Waals surface area contributed by atoms with Gasteiger partial charge in [-0.3, -0.25) is 4.98 Å². The van der Waals surface area contributed by atoms with Gasteiger partial charge in [-0.25, -0.2) is 13.1 Å². The van der Waals surface area contributed by atoms with Gasteiger partial charge >= 0.3 is 0 Å². The minimum Gasteiger partial charge on any atom is -0.399 e. The van der Waals surface area contributed by atoms with Gasteiger partial charge in [0.1, 0.15) is 4.90 Å². The van der Waals surface area contributed by atoms with Crippen molar-refractivity contribution >= 4 is 38.9 Å². The zero-order valence-corrected chi connectivity index (χ0v) is 12.5. The first kappa shape index (κ1) is 15.1. The van der Waals surface area contributed by atoms with Crippen LogP contribution in [0.1, 0.15) is 5.56 Å². The Morgan fingerprint density at radius 3 is 2.25 bits per heavy atom. The van der Waals surface area contributed by atoms with Crippen LogP contribution in [0.4, 0.5) is 5.69 Å². The van der Waals surface area contributed by atoms with Gasteiger partial charge in [-0.1, -0.05) is 23.2 Å². The molecule has 0 atom stereocenters. The molecule has 0 saturated carbocycles. The predicted molar refractivity (Wildman–Crippen MR) is 79.1 cm³/mol. The Balaban J connectivity index is 2.28. The van der Waals surface area contributed by atoms with Crippen LogP contribution in [0.3, 0.4) is 0 Å². The van der Waals surface area contributed by atoms with E-state index in [9.17, 15) is 8.42 Å². The second-order valence-corrected chi connectivity index (χ2v) is 6.51. The minimum absolute atomic E-state index is 0.0165. The highest BCUT2D eigenvalue weighted by Crippen LogP contribution is 2.31. The molecule has 1 heterocycles. The second kappa shape index (κ2) is 5.97. The van der Waals surface area contributed by atoms with E-state index in [0.717, 1.165) is 5.56 Å². The normalized spacial score (nSPS) is 11.5. The fourth-order valence-electron chi connectivity index (χ4n) is 1.59. The van der Waals surface area contributed by atoms with Gasteiger partial charge in [0, 0.05) is 24.6 Å². The maximum absolute atomic E-state index is 12.2. The molecule has 0 aliphatic heterocycles. The molecule has 0 aliphatic carbocycles. The first-order valence-corrected chi connectivity index (χ1v) is 7.77. The molecule has 0 bridgehead atoms. The number of benzene rings is 1. The van der Waals surface area contributed by atoms with Crippen molar-refractivity contribution in [2.24, 2.45) is 0 Å². The van der Waals surface area contributed by atoms with Crippen molar-refractivity contribution < 1.29 is 8.42 Å². The topological polar surface area (TPSA) is 85.1 Å². The molecule has 0 saturated heterocycles. The highest BCUT2D eigenvalue weighted by Gasteiger charge is 2.22. The van der Waals surface area contributed by atoms with E-state index in [0.29, 0.717) is 5.69 Å². The van der Waals surface area contributed by atoms with Crippen LogP contribution < -0.4 is 10.5 Å². The van der Waals surface area contributed by atoms with Crippen molar-refractivity contribution in [3.63, 3.8) is 0 Å². The third-order valence-corrected chi connectivity index (χ3v) is 4.83. The molecule has 8 heteroatoms. The average molecular weight is 332 g/mol. The molecule has 0 aliphatic rings. The summed E-state index contributed by atoms with van der Waals surface area (Å²) in [5.41, 5.74) is 6.61. The van der Waals surface area contributed by atoms with Crippen molar-refractivity contribution in [2.75, 3.05) is 5.73 Å².